The van der Waals surface area contributed by atoms with Crippen molar-refractivity contribution in [2.45, 2.75) is 38.3 Å². The Hall–Kier alpha value is -2.80. The van der Waals surface area contributed by atoms with E-state index in [0.29, 0.717) is 34.8 Å². The number of benzene rings is 2. The van der Waals surface area contributed by atoms with Crippen molar-refractivity contribution in [1.29, 1.82) is 0 Å². The molecule has 3 aromatic rings. The lowest BCUT2D eigenvalue weighted by Gasteiger charge is -2.37. The van der Waals surface area contributed by atoms with Crippen molar-refractivity contribution in [2.75, 3.05) is 0 Å². The molecular formula is C25H23ClF2N4O. The van der Waals surface area contributed by atoms with E-state index in [1.165, 1.54) is 17.1 Å². The van der Waals surface area contributed by atoms with Crippen molar-refractivity contribution in [2.24, 2.45) is 28.8 Å². The summed E-state index contributed by atoms with van der Waals surface area (Å²) in [6.07, 6.45) is 7.05. The lowest BCUT2D eigenvalue weighted by molar-refractivity contribution is -0.139. The van der Waals surface area contributed by atoms with E-state index in [9.17, 15) is 13.6 Å². The number of amides is 1. The van der Waals surface area contributed by atoms with Gasteiger partial charge in [-0.2, -0.15) is 10.2 Å². The van der Waals surface area contributed by atoms with E-state index < -0.39 is 17.7 Å². The monoisotopic (exact) mass is 468 g/mol. The molecule has 3 aliphatic rings. The molecule has 1 aliphatic heterocycles. The molecule has 0 saturated heterocycles. The fraction of sp³-hybridized carbons (Fsp3) is 0.400. The molecule has 170 valence electrons. The Kier molecular flexibility index (Phi) is 4.98. The lowest BCUT2D eigenvalue weighted by atomic mass is 9.70. The summed E-state index contributed by atoms with van der Waals surface area (Å²) in [5.41, 5.74) is 1.24. The van der Waals surface area contributed by atoms with Gasteiger partial charge in [0, 0.05) is 42.7 Å². The number of halogens is 3. The topological polar surface area (TPSA) is 50.5 Å². The number of hydrogen-bond acceptors (Lipinski definition) is 3. The Bertz CT molecular complexity index is 1250. The van der Waals surface area contributed by atoms with Crippen LogP contribution in [-0.4, -0.2) is 26.9 Å². The van der Waals surface area contributed by atoms with Crippen molar-refractivity contribution >= 4 is 34.6 Å². The minimum atomic E-state index is -0.643. The van der Waals surface area contributed by atoms with Crippen LogP contribution < -0.4 is 0 Å². The zero-order valence-corrected chi connectivity index (χ0v) is 18.6. The fourth-order valence-electron chi connectivity index (χ4n) is 6.04. The molecule has 0 radical (unpaired) electrons. The fourth-order valence-corrected chi connectivity index (χ4v) is 6.26. The molecule has 2 saturated carbocycles. The van der Waals surface area contributed by atoms with E-state index in [-0.39, 0.29) is 11.8 Å². The third-order valence-electron chi connectivity index (χ3n) is 7.66. The molecule has 0 bridgehead atoms. The summed E-state index contributed by atoms with van der Waals surface area (Å²) < 4.78 is 29.5. The van der Waals surface area contributed by atoms with Gasteiger partial charge in [0.2, 0.25) is 5.91 Å². The molecule has 2 aliphatic carbocycles. The Labute approximate surface area is 195 Å². The van der Waals surface area contributed by atoms with E-state index in [0.717, 1.165) is 42.8 Å². The van der Waals surface area contributed by atoms with Gasteiger partial charge in [-0.05, 0) is 60.8 Å². The second kappa shape index (κ2) is 7.90. The van der Waals surface area contributed by atoms with Gasteiger partial charge in [-0.1, -0.05) is 23.7 Å². The quantitative estimate of drug-likeness (QED) is 0.501. The van der Waals surface area contributed by atoms with Gasteiger partial charge in [0.15, 0.2) is 0 Å². The Balaban J connectivity index is 1.21. The van der Waals surface area contributed by atoms with Crippen LogP contribution in [0.25, 0.3) is 10.9 Å². The molecule has 5 nitrogen and oxygen atoms in total. The summed E-state index contributed by atoms with van der Waals surface area (Å²) in [6.45, 7) is 0.748. The van der Waals surface area contributed by atoms with Gasteiger partial charge in [0.1, 0.15) is 17.2 Å². The largest absolute Gasteiger partial charge is 0.273 e. The minimum absolute atomic E-state index is 0.0377. The average molecular weight is 469 g/mol. The number of hydrazone groups is 1. The number of carbonyl (C=O) groups excluding carboxylic acids is 1. The van der Waals surface area contributed by atoms with Gasteiger partial charge in [-0.25, -0.2) is 13.8 Å². The number of rotatable bonds is 4. The number of hydrogen-bond donors (Lipinski definition) is 0. The van der Waals surface area contributed by atoms with E-state index >= 15 is 0 Å². The molecule has 5 atom stereocenters. The molecule has 2 heterocycles. The zero-order valence-electron chi connectivity index (χ0n) is 17.9. The molecule has 8 heteroatoms. The second-order valence-electron chi connectivity index (χ2n) is 9.47. The maximum atomic E-state index is 13.8. The van der Waals surface area contributed by atoms with Crippen molar-refractivity contribution in [3.8, 4) is 0 Å². The van der Waals surface area contributed by atoms with Crippen LogP contribution in [0.4, 0.5) is 8.78 Å². The first-order valence-electron chi connectivity index (χ1n) is 11.4. The molecule has 4 unspecified atom stereocenters. The molecule has 1 aromatic heterocycles. The van der Waals surface area contributed by atoms with Crippen LogP contribution in [0.1, 0.15) is 37.3 Å². The van der Waals surface area contributed by atoms with Crippen molar-refractivity contribution in [1.82, 2.24) is 14.8 Å². The Morgan fingerprint density at radius 1 is 1.12 bits per heavy atom. The van der Waals surface area contributed by atoms with E-state index in [1.807, 2.05) is 29.1 Å². The highest BCUT2D eigenvalue weighted by Crippen LogP contribution is 2.55. The first-order valence-corrected chi connectivity index (χ1v) is 11.8. The van der Waals surface area contributed by atoms with Crippen LogP contribution >= 0.6 is 11.6 Å². The zero-order chi connectivity index (χ0) is 22.7. The summed E-state index contributed by atoms with van der Waals surface area (Å²) in [6, 6.07) is 8.72. The van der Waals surface area contributed by atoms with Crippen LogP contribution in [0, 0.1) is 35.3 Å². The van der Waals surface area contributed by atoms with Gasteiger partial charge in [0.25, 0.3) is 0 Å². The van der Waals surface area contributed by atoms with E-state index in [2.05, 4.69) is 10.2 Å². The first kappa shape index (κ1) is 20.8. The van der Waals surface area contributed by atoms with Gasteiger partial charge in [0.05, 0.1) is 11.1 Å². The molecule has 1 amide bonds. The van der Waals surface area contributed by atoms with Gasteiger partial charge in [-0.15, -0.1) is 0 Å². The predicted octanol–water partition coefficient (Wildman–Crippen LogP) is 5.59. The highest BCUT2D eigenvalue weighted by molar-refractivity contribution is 6.35. The lowest BCUT2D eigenvalue weighted by Crippen LogP contribution is -2.38. The Morgan fingerprint density at radius 3 is 2.64 bits per heavy atom. The number of aromatic nitrogens is 2. The highest BCUT2D eigenvalue weighted by Gasteiger charge is 2.52. The molecular weight excluding hydrogens is 446 g/mol. The van der Waals surface area contributed by atoms with Gasteiger partial charge in [-0.3, -0.25) is 9.48 Å². The van der Waals surface area contributed by atoms with Gasteiger partial charge >= 0.3 is 0 Å². The number of nitrogens with zero attached hydrogens (tertiary/aromatic N) is 4. The van der Waals surface area contributed by atoms with Gasteiger partial charge < -0.3 is 0 Å². The third-order valence-corrected chi connectivity index (χ3v) is 7.97. The standard InChI is InChI=1S/C25H23ClF2N4O/c26-22-3-1-2-14-12-31(30-24(14)22)13-16-10-21(20-5-4-19(16)20)25(33)32-23(6-7-29-32)15-8-17(27)11-18(28)9-15/h1-3,7-9,11-12,16,19-21,23H,4-6,10,13H2/t16?,19?,20?,21-,23?/m0/s1. The summed E-state index contributed by atoms with van der Waals surface area (Å²) in [5, 5.41) is 12.1. The SMILES string of the molecule is O=C([C@H]1CC(Cn2cc3cccc(Cl)c3n2)C2CCC21)N1N=CCC1c1cc(F)cc(F)c1. The summed E-state index contributed by atoms with van der Waals surface area (Å²) >= 11 is 6.28. The third kappa shape index (κ3) is 3.53. The smallest absolute Gasteiger partial charge is 0.246 e. The molecule has 0 N–H and O–H groups in total. The van der Waals surface area contributed by atoms with Crippen LogP contribution in [0.3, 0.4) is 0 Å². The average Bonchev–Trinajstić information content (AvgIpc) is 3.43. The highest BCUT2D eigenvalue weighted by atomic mass is 35.5. The first-order chi connectivity index (χ1) is 16.0. The minimum Gasteiger partial charge on any atom is -0.273 e. The normalized spacial score (nSPS) is 28.3. The van der Waals surface area contributed by atoms with E-state index in [1.54, 1.807) is 6.21 Å². The van der Waals surface area contributed by atoms with Crippen molar-refractivity contribution in [3.05, 3.63) is 64.8 Å². The van der Waals surface area contributed by atoms with Crippen LogP contribution in [0.2, 0.25) is 5.02 Å². The summed E-state index contributed by atoms with van der Waals surface area (Å²) in [4.78, 5) is 13.6. The molecule has 0 spiro atoms. The molecule has 2 fully saturated rings. The number of carbonyl (C=O) groups is 1. The summed E-state index contributed by atoms with van der Waals surface area (Å²) in [5.74, 6) is -0.285. The summed E-state index contributed by atoms with van der Waals surface area (Å²) in [7, 11) is 0. The van der Waals surface area contributed by atoms with Crippen molar-refractivity contribution in [3.63, 3.8) is 0 Å². The predicted molar refractivity (Wildman–Crippen MR) is 122 cm³/mol. The molecule has 33 heavy (non-hydrogen) atoms. The van der Waals surface area contributed by atoms with Crippen molar-refractivity contribution < 1.29 is 13.6 Å². The Morgan fingerprint density at radius 2 is 1.91 bits per heavy atom. The maximum absolute atomic E-state index is 13.8. The van der Waals surface area contributed by atoms with Crippen LogP contribution in [-0.2, 0) is 11.3 Å². The second-order valence-corrected chi connectivity index (χ2v) is 9.88. The maximum Gasteiger partial charge on any atom is 0.246 e. The molecule has 6 rings (SSSR count). The van der Waals surface area contributed by atoms with Crippen LogP contribution in [0.5, 0.6) is 0 Å². The van der Waals surface area contributed by atoms with Crippen LogP contribution in [0.15, 0.2) is 47.7 Å². The number of fused-ring (bicyclic) bond motifs is 2. The molecule has 2 aromatic carbocycles. The van der Waals surface area contributed by atoms with E-state index in [4.69, 9.17) is 11.6 Å².